The molecule has 0 radical (unpaired) electrons. The van der Waals surface area contributed by atoms with Crippen LogP contribution in [0.15, 0.2) is 18.2 Å². The van der Waals surface area contributed by atoms with Gasteiger partial charge in [0.05, 0.1) is 17.4 Å². The molecule has 1 aromatic rings. The Bertz CT molecular complexity index is 620. The van der Waals surface area contributed by atoms with E-state index < -0.39 is 5.60 Å². The van der Waals surface area contributed by atoms with Crippen LogP contribution in [0.25, 0.3) is 0 Å². The number of anilines is 1. The number of nitrogens with zero attached hydrogens (tertiary/aromatic N) is 1. The predicted molar refractivity (Wildman–Crippen MR) is 99.7 cm³/mol. The zero-order valence-corrected chi connectivity index (χ0v) is 16.2. The highest BCUT2D eigenvalue weighted by atomic mass is 16.5. The van der Waals surface area contributed by atoms with Gasteiger partial charge in [-0.05, 0) is 51.7 Å². The number of amides is 1. The third-order valence-corrected chi connectivity index (χ3v) is 3.63. The average molecular weight is 346 g/mol. The van der Waals surface area contributed by atoms with E-state index in [1.54, 1.807) is 25.1 Å². The normalized spacial score (nSPS) is 13.4. The molecule has 0 fully saturated rings. The van der Waals surface area contributed by atoms with E-state index in [1.165, 1.54) is 0 Å². The molecule has 1 N–H and O–H groups in total. The van der Waals surface area contributed by atoms with Crippen LogP contribution in [0.3, 0.4) is 0 Å². The summed E-state index contributed by atoms with van der Waals surface area (Å²) >= 11 is 0. The van der Waals surface area contributed by atoms with E-state index in [0.717, 1.165) is 6.42 Å². The largest absolute Gasteiger partial charge is 0.491 e. The van der Waals surface area contributed by atoms with Crippen molar-refractivity contribution in [3.63, 3.8) is 0 Å². The third-order valence-electron chi connectivity index (χ3n) is 3.63. The number of carbonyl (C=O) groups excluding carboxylic acids is 1. The van der Waals surface area contributed by atoms with Gasteiger partial charge in [-0.2, -0.15) is 5.26 Å². The second-order valence-corrected chi connectivity index (χ2v) is 7.12. The maximum Gasteiger partial charge on any atom is 0.256 e. The third kappa shape index (κ3) is 6.39. The molecule has 138 valence electrons. The van der Waals surface area contributed by atoms with Gasteiger partial charge in [0.15, 0.2) is 0 Å². The summed E-state index contributed by atoms with van der Waals surface area (Å²) in [6, 6.07) is 7.21. The molecule has 0 unspecified atom stereocenters. The first-order valence-electron chi connectivity index (χ1n) is 8.88. The summed E-state index contributed by atoms with van der Waals surface area (Å²) in [7, 11) is 0. The molecule has 0 aliphatic carbocycles. The summed E-state index contributed by atoms with van der Waals surface area (Å²) in [5.41, 5.74) is -0.0862. The van der Waals surface area contributed by atoms with Crippen molar-refractivity contribution in [1.29, 1.82) is 5.26 Å². The molecule has 5 nitrogen and oxygen atoms in total. The van der Waals surface area contributed by atoms with Gasteiger partial charge in [0, 0.05) is 12.7 Å². The van der Waals surface area contributed by atoms with Crippen LogP contribution in [0, 0.1) is 17.2 Å². The molecule has 0 heterocycles. The number of nitriles is 1. The molecule has 0 saturated carbocycles. The smallest absolute Gasteiger partial charge is 0.256 e. The van der Waals surface area contributed by atoms with E-state index in [9.17, 15) is 10.1 Å². The van der Waals surface area contributed by atoms with E-state index in [0.29, 0.717) is 35.9 Å². The Morgan fingerprint density at radius 1 is 1.32 bits per heavy atom. The topological polar surface area (TPSA) is 71.3 Å². The number of ether oxygens (including phenoxy) is 2. The molecule has 1 aromatic carbocycles. The number of hydrogen-bond acceptors (Lipinski definition) is 4. The number of hydrogen-bond donors (Lipinski definition) is 1. The maximum atomic E-state index is 12.8. The number of nitrogens with one attached hydrogen (secondary N) is 1. The minimum absolute atomic E-state index is 0.0174. The second-order valence-electron chi connectivity index (χ2n) is 7.12. The van der Waals surface area contributed by atoms with Gasteiger partial charge in [0.1, 0.15) is 17.4 Å². The highest BCUT2D eigenvalue weighted by Crippen LogP contribution is 2.27. The Morgan fingerprint density at radius 3 is 2.52 bits per heavy atom. The SMILES string of the molecule is CCCO[C@@](C)(CC(C)C)C(=O)Nc1ccc(OC(C)C)cc1C#N. The number of benzene rings is 1. The minimum atomic E-state index is -0.927. The maximum absolute atomic E-state index is 12.8. The van der Waals surface area contributed by atoms with E-state index in [2.05, 4.69) is 25.2 Å². The van der Waals surface area contributed by atoms with E-state index in [4.69, 9.17) is 9.47 Å². The van der Waals surface area contributed by atoms with Gasteiger partial charge < -0.3 is 14.8 Å². The van der Waals surface area contributed by atoms with Gasteiger partial charge in [-0.1, -0.05) is 20.8 Å². The Labute approximate surface area is 151 Å². The fourth-order valence-corrected chi connectivity index (χ4v) is 2.65. The number of rotatable bonds is 9. The van der Waals surface area contributed by atoms with Gasteiger partial charge in [-0.25, -0.2) is 0 Å². The molecular weight excluding hydrogens is 316 g/mol. The van der Waals surface area contributed by atoms with Crippen molar-refractivity contribution in [3.05, 3.63) is 23.8 Å². The fraction of sp³-hybridized carbons (Fsp3) is 0.600. The van der Waals surface area contributed by atoms with E-state index in [-0.39, 0.29) is 12.0 Å². The van der Waals surface area contributed by atoms with Crippen LogP contribution in [0.5, 0.6) is 5.75 Å². The summed E-state index contributed by atoms with van der Waals surface area (Å²) < 4.78 is 11.5. The molecule has 0 bridgehead atoms. The molecule has 1 atom stereocenters. The molecule has 0 aliphatic rings. The Balaban J connectivity index is 3.01. The first kappa shape index (κ1) is 21.0. The Morgan fingerprint density at radius 2 is 2.00 bits per heavy atom. The van der Waals surface area contributed by atoms with Crippen LogP contribution in [0.1, 0.15) is 59.9 Å². The molecule has 1 amide bonds. The average Bonchev–Trinajstić information content (AvgIpc) is 2.53. The lowest BCUT2D eigenvalue weighted by atomic mass is 9.92. The second kappa shape index (κ2) is 9.43. The lowest BCUT2D eigenvalue weighted by Gasteiger charge is -2.30. The summed E-state index contributed by atoms with van der Waals surface area (Å²) in [5, 5.41) is 12.2. The molecular formula is C20H30N2O3. The molecule has 25 heavy (non-hydrogen) atoms. The molecule has 0 aromatic heterocycles. The first-order chi connectivity index (χ1) is 11.7. The summed E-state index contributed by atoms with van der Waals surface area (Å²) in [5.74, 6) is 0.685. The molecule has 0 spiro atoms. The predicted octanol–water partition coefficient (Wildman–Crippen LogP) is 4.52. The van der Waals surface area contributed by atoms with Crippen LogP contribution in [0.4, 0.5) is 5.69 Å². The summed E-state index contributed by atoms with van der Waals surface area (Å²) in [6.07, 6.45) is 1.46. The summed E-state index contributed by atoms with van der Waals surface area (Å²) in [4.78, 5) is 12.8. The van der Waals surface area contributed by atoms with Crippen LogP contribution in [-0.4, -0.2) is 24.2 Å². The quantitative estimate of drug-likeness (QED) is 0.714. The van der Waals surface area contributed by atoms with Crippen molar-refractivity contribution in [1.82, 2.24) is 0 Å². The van der Waals surface area contributed by atoms with Crippen molar-refractivity contribution in [2.45, 2.75) is 66.1 Å². The first-order valence-corrected chi connectivity index (χ1v) is 8.88. The zero-order valence-electron chi connectivity index (χ0n) is 16.2. The van der Waals surface area contributed by atoms with Gasteiger partial charge in [-0.15, -0.1) is 0 Å². The van der Waals surface area contributed by atoms with Gasteiger partial charge in [0.2, 0.25) is 0 Å². The zero-order chi connectivity index (χ0) is 19.0. The monoisotopic (exact) mass is 346 g/mol. The molecule has 0 aliphatic heterocycles. The fourth-order valence-electron chi connectivity index (χ4n) is 2.65. The van der Waals surface area contributed by atoms with E-state index in [1.807, 2.05) is 20.8 Å². The lowest BCUT2D eigenvalue weighted by Crippen LogP contribution is -2.44. The van der Waals surface area contributed by atoms with Crippen molar-refractivity contribution in [3.8, 4) is 11.8 Å². The minimum Gasteiger partial charge on any atom is -0.491 e. The molecule has 5 heteroatoms. The van der Waals surface area contributed by atoms with Gasteiger partial charge in [0.25, 0.3) is 5.91 Å². The van der Waals surface area contributed by atoms with Crippen LogP contribution in [0.2, 0.25) is 0 Å². The van der Waals surface area contributed by atoms with Gasteiger partial charge >= 0.3 is 0 Å². The molecule has 0 saturated heterocycles. The highest BCUT2D eigenvalue weighted by molar-refractivity contribution is 5.98. The Hall–Kier alpha value is -2.06. The highest BCUT2D eigenvalue weighted by Gasteiger charge is 2.35. The van der Waals surface area contributed by atoms with Crippen LogP contribution < -0.4 is 10.1 Å². The van der Waals surface area contributed by atoms with Crippen molar-refractivity contribution in [2.24, 2.45) is 5.92 Å². The standard InChI is InChI=1S/C20H30N2O3/c1-7-10-24-20(6,12-14(2)3)19(23)22-18-9-8-17(25-15(4)5)11-16(18)13-21/h8-9,11,14-15H,7,10,12H2,1-6H3,(H,22,23)/t20-/m0/s1. The van der Waals surface area contributed by atoms with Crippen LogP contribution >= 0.6 is 0 Å². The van der Waals surface area contributed by atoms with E-state index >= 15 is 0 Å². The van der Waals surface area contributed by atoms with Crippen molar-refractivity contribution in [2.75, 3.05) is 11.9 Å². The van der Waals surface area contributed by atoms with Crippen molar-refractivity contribution >= 4 is 11.6 Å². The van der Waals surface area contributed by atoms with Crippen LogP contribution in [-0.2, 0) is 9.53 Å². The number of carbonyl (C=O) groups is 1. The summed E-state index contributed by atoms with van der Waals surface area (Å²) in [6.45, 7) is 12.3. The van der Waals surface area contributed by atoms with Gasteiger partial charge in [-0.3, -0.25) is 4.79 Å². The lowest BCUT2D eigenvalue weighted by molar-refractivity contribution is -0.141. The Kier molecular flexibility index (Phi) is 7.92. The molecule has 1 rings (SSSR count). The van der Waals surface area contributed by atoms with Crippen molar-refractivity contribution < 1.29 is 14.3 Å².